The molecule has 0 aromatic carbocycles. The second kappa shape index (κ2) is 5.09. The molecule has 0 radical (unpaired) electrons. The van der Waals surface area contributed by atoms with Crippen LogP contribution in [0, 0.1) is 0 Å². The Kier molecular flexibility index (Phi) is 3.27. The van der Waals surface area contributed by atoms with Crippen molar-refractivity contribution in [3.05, 3.63) is 48.3 Å². The smallest absolute Gasteiger partial charge is 0.327 e. The van der Waals surface area contributed by atoms with Gasteiger partial charge in [0, 0.05) is 11.3 Å². The summed E-state index contributed by atoms with van der Waals surface area (Å²) in [5, 5.41) is 8.90. The van der Waals surface area contributed by atoms with Crippen LogP contribution in [0.15, 0.2) is 45.8 Å². The molecule has 0 aliphatic carbocycles. The summed E-state index contributed by atoms with van der Waals surface area (Å²) in [5.41, 5.74) is 0.763. The quantitative estimate of drug-likeness (QED) is 0.934. The predicted octanol–water partition coefficient (Wildman–Crippen LogP) is 2.21. The summed E-state index contributed by atoms with van der Waals surface area (Å²) < 4.78 is 10.1. The number of carbonyl (C=O) groups is 2. The number of carbonyl (C=O) groups excluding carboxylic acids is 1. The summed E-state index contributed by atoms with van der Waals surface area (Å²) in [6.45, 7) is 0. The number of furan rings is 2. The number of hydrogen-bond donors (Lipinski definition) is 1. The average molecular weight is 293 g/mol. The van der Waals surface area contributed by atoms with Gasteiger partial charge in [-0.25, -0.2) is 4.79 Å². The molecule has 1 aliphatic heterocycles. The van der Waals surface area contributed by atoms with Crippen molar-refractivity contribution in [2.75, 3.05) is 5.75 Å². The molecule has 104 valence electrons. The van der Waals surface area contributed by atoms with E-state index in [4.69, 9.17) is 8.83 Å². The van der Waals surface area contributed by atoms with Crippen molar-refractivity contribution in [1.82, 2.24) is 4.90 Å². The fourth-order valence-corrected chi connectivity index (χ4v) is 3.54. The number of thioether (sulfide) groups is 1. The maximum Gasteiger partial charge on any atom is 0.327 e. The maximum atomic E-state index is 12.5. The highest BCUT2D eigenvalue weighted by atomic mass is 32.2. The van der Waals surface area contributed by atoms with E-state index in [2.05, 4.69) is 0 Å². The van der Waals surface area contributed by atoms with Gasteiger partial charge in [0.15, 0.2) is 5.76 Å². The lowest BCUT2D eigenvalue weighted by Crippen LogP contribution is -2.42. The third kappa shape index (κ3) is 2.09. The Morgan fingerprint density at radius 3 is 2.80 bits per heavy atom. The van der Waals surface area contributed by atoms with Gasteiger partial charge in [-0.05, 0) is 18.2 Å². The van der Waals surface area contributed by atoms with Crippen molar-refractivity contribution in [1.29, 1.82) is 0 Å². The molecule has 1 fully saturated rings. The number of carboxylic acids is 1. The van der Waals surface area contributed by atoms with Crippen LogP contribution >= 0.6 is 11.8 Å². The van der Waals surface area contributed by atoms with Crippen LogP contribution in [-0.4, -0.2) is 33.7 Å². The van der Waals surface area contributed by atoms with E-state index in [1.165, 1.54) is 41.5 Å². The van der Waals surface area contributed by atoms with E-state index in [1.54, 1.807) is 12.1 Å². The van der Waals surface area contributed by atoms with Crippen LogP contribution in [-0.2, 0) is 4.79 Å². The van der Waals surface area contributed by atoms with E-state index in [1.807, 2.05) is 0 Å². The van der Waals surface area contributed by atoms with Gasteiger partial charge in [-0.2, -0.15) is 0 Å². The van der Waals surface area contributed by atoms with Crippen LogP contribution in [0.5, 0.6) is 0 Å². The molecule has 1 saturated heterocycles. The molecule has 6 nitrogen and oxygen atoms in total. The van der Waals surface area contributed by atoms with Gasteiger partial charge in [0.2, 0.25) is 0 Å². The first kappa shape index (κ1) is 12.9. The molecule has 2 atom stereocenters. The van der Waals surface area contributed by atoms with Crippen molar-refractivity contribution in [2.24, 2.45) is 0 Å². The molecular formula is C13H11NO5S. The Morgan fingerprint density at radius 1 is 1.35 bits per heavy atom. The molecule has 1 N–H and O–H groups in total. The Balaban J connectivity index is 1.96. The topological polar surface area (TPSA) is 83.9 Å². The summed E-state index contributed by atoms with van der Waals surface area (Å²) in [7, 11) is 0. The first-order valence-corrected chi connectivity index (χ1v) is 6.96. The molecule has 0 saturated carbocycles. The van der Waals surface area contributed by atoms with E-state index in [0.717, 1.165) is 5.56 Å². The van der Waals surface area contributed by atoms with Gasteiger partial charge in [-0.3, -0.25) is 4.79 Å². The third-order valence-electron chi connectivity index (χ3n) is 3.08. The van der Waals surface area contributed by atoms with E-state index >= 15 is 0 Å². The van der Waals surface area contributed by atoms with Crippen LogP contribution in [0.1, 0.15) is 21.5 Å². The average Bonchev–Trinajstić information content (AvgIpc) is 3.17. The summed E-state index contributed by atoms with van der Waals surface area (Å²) in [5.74, 6) is -0.994. The lowest BCUT2D eigenvalue weighted by Gasteiger charge is -2.25. The molecule has 2 unspecified atom stereocenters. The Bertz CT molecular complexity index is 607. The highest BCUT2D eigenvalue weighted by Gasteiger charge is 2.43. The molecule has 1 aliphatic rings. The second-order valence-corrected chi connectivity index (χ2v) is 5.40. The largest absolute Gasteiger partial charge is 0.480 e. The zero-order valence-corrected chi connectivity index (χ0v) is 11.1. The molecule has 1 amide bonds. The number of rotatable bonds is 3. The van der Waals surface area contributed by atoms with Crippen LogP contribution in [0.25, 0.3) is 0 Å². The zero-order chi connectivity index (χ0) is 14.1. The zero-order valence-electron chi connectivity index (χ0n) is 10.3. The molecule has 2 aromatic heterocycles. The van der Waals surface area contributed by atoms with Gasteiger partial charge in [0.1, 0.15) is 11.4 Å². The lowest BCUT2D eigenvalue weighted by molar-refractivity contribution is -0.141. The van der Waals surface area contributed by atoms with E-state index in [-0.39, 0.29) is 11.1 Å². The van der Waals surface area contributed by atoms with Gasteiger partial charge in [0.25, 0.3) is 5.91 Å². The fraction of sp³-hybridized carbons (Fsp3) is 0.231. The minimum atomic E-state index is -1.02. The van der Waals surface area contributed by atoms with Gasteiger partial charge in [-0.1, -0.05) is 0 Å². The highest BCUT2D eigenvalue weighted by Crippen LogP contribution is 2.42. The Hall–Kier alpha value is -2.15. The standard InChI is InChI=1S/C13H11NO5S/c15-11(10-2-1-4-19-10)14-9(13(16)17)7-20-12(14)8-3-5-18-6-8/h1-6,9,12H,7H2,(H,16,17). The summed E-state index contributed by atoms with van der Waals surface area (Å²) >= 11 is 1.39. The molecule has 2 aromatic rings. The van der Waals surface area contributed by atoms with Crippen LogP contribution in [0.2, 0.25) is 0 Å². The van der Waals surface area contributed by atoms with Crippen LogP contribution in [0.4, 0.5) is 0 Å². The number of amides is 1. The minimum absolute atomic E-state index is 0.132. The highest BCUT2D eigenvalue weighted by molar-refractivity contribution is 7.99. The monoisotopic (exact) mass is 293 g/mol. The van der Waals surface area contributed by atoms with Crippen molar-refractivity contribution in [2.45, 2.75) is 11.4 Å². The lowest BCUT2D eigenvalue weighted by atomic mass is 10.2. The van der Waals surface area contributed by atoms with Gasteiger partial charge >= 0.3 is 5.97 Å². The molecule has 0 bridgehead atoms. The van der Waals surface area contributed by atoms with Crippen LogP contribution in [0.3, 0.4) is 0 Å². The van der Waals surface area contributed by atoms with Gasteiger partial charge < -0.3 is 18.8 Å². The van der Waals surface area contributed by atoms with Crippen LogP contribution < -0.4 is 0 Å². The summed E-state index contributed by atoms with van der Waals surface area (Å²) in [4.78, 5) is 25.1. The van der Waals surface area contributed by atoms with Crippen molar-refractivity contribution >= 4 is 23.6 Å². The molecule has 0 spiro atoms. The molecule has 7 heteroatoms. The minimum Gasteiger partial charge on any atom is -0.480 e. The number of hydrogen-bond acceptors (Lipinski definition) is 5. The van der Waals surface area contributed by atoms with Gasteiger partial charge in [-0.15, -0.1) is 11.8 Å². The second-order valence-electron chi connectivity index (χ2n) is 4.29. The van der Waals surface area contributed by atoms with Gasteiger partial charge in [0.05, 0.1) is 18.8 Å². The number of carboxylic acid groups (broad SMARTS) is 1. The fourth-order valence-electron chi connectivity index (χ4n) is 2.14. The van der Waals surface area contributed by atoms with Crippen molar-refractivity contribution < 1.29 is 23.5 Å². The molecular weight excluding hydrogens is 282 g/mol. The SMILES string of the molecule is O=C(O)C1CSC(c2ccoc2)N1C(=O)c1ccco1. The summed E-state index contributed by atoms with van der Waals surface area (Å²) in [6.07, 6.45) is 4.41. The van der Waals surface area contributed by atoms with E-state index < -0.39 is 17.9 Å². The predicted molar refractivity (Wildman–Crippen MR) is 70.2 cm³/mol. The normalized spacial score (nSPS) is 22.1. The maximum absolute atomic E-state index is 12.5. The van der Waals surface area contributed by atoms with E-state index in [0.29, 0.717) is 5.75 Å². The van der Waals surface area contributed by atoms with Crippen molar-refractivity contribution in [3.8, 4) is 0 Å². The summed E-state index contributed by atoms with van der Waals surface area (Å²) in [6, 6.07) is 3.97. The third-order valence-corrected chi connectivity index (χ3v) is 4.40. The Labute approximate surface area is 118 Å². The first-order chi connectivity index (χ1) is 9.68. The molecule has 20 heavy (non-hydrogen) atoms. The first-order valence-electron chi connectivity index (χ1n) is 5.91. The van der Waals surface area contributed by atoms with E-state index in [9.17, 15) is 14.7 Å². The number of aliphatic carboxylic acids is 1. The van der Waals surface area contributed by atoms with Crippen molar-refractivity contribution in [3.63, 3.8) is 0 Å². The molecule has 3 rings (SSSR count). The Morgan fingerprint density at radius 2 is 2.20 bits per heavy atom. The molecule has 3 heterocycles. The number of nitrogens with zero attached hydrogens (tertiary/aromatic N) is 1.